The van der Waals surface area contributed by atoms with Crippen LogP contribution in [0.4, 0.5) is 4.39 Å². The molecule has 5 nitrogen and oxygen atoms in total. The molecule has 0 radical (unpaired) electrons. The van der Waals surface area contributed by atoms with Gasteiger partial charge < -0.3 is 15.2 Å². The molecule has 2 aromatic rings. The third-order valence-electron chi connectivity index (χ3n) is 3.63. The minimum Gasteiger partial charge on any atom is -0.475 e. The predicted molar refractivity (Wildman–Crippen MR) is 88.1 cm³/mol. The van der Waals surface area contributed by atoms with Crippen LogP contribution in [0, 0.1) is 5.82 Å². The van der Waals surface area contributed by atoms with Crippen LogP contribution in [-0.4, -0.2) is 22.1 Å². The van der Waals surface area contributed by atoms with Gasteiger partial charge in [-0.1, -0.05) is 13.0 Å². The zero-order valence-electron chi connectivity index (χ0n) is 13.8. The van der Waals surface area contributed by atoms with Gasteiger partial charge in [0.15, 0.2) is 0 Å². The van der Waals surface area contributed by atoms with Crippen molar-refractivity contribution >= 4 is 5.91 Å². The van der Waals surface area contributed by atoms with E-state index >= 15 is 0 Å². The number of ether oxygens (including phenoxy) is 1. The fraction of sp³-hybridized carbons (Fsp3) is 0.333. The first kappa shape index (κ1) is 17.9. The van der Waals surface area contributed by atoms with E-state index in [1.54, 1.807) is 18.2 Å². The van der Waals surface area contributed by atoms with E-state index in [0.29, 0.717) is 17.0 Å². The number of hydrogen-bond acceptors (Lipinski definition) is 4. The SMILES string of the molecule is CCC(C)Oc1cc(C(=O)NCc2ccc(F)c(CO)c2)ccn1. The molecule has 0 fully saturated rings. The molecule has 0 saturated carbocycles. The second kappa shape index (κ2) is 8.40. The molecule has 0 bridgehead atoms. The van der Waals surface area contributed by atoms with Crippen LogP contribution in [0.1, 0.15) is 41.8 Å². The van der Waals surface area contributed by atoms with Gasteiger partial charge in [-0.15, -0.1) is 0 Å². The highest BCUT2D eigenvalue weighted by molar-refractivity contribution is 5.94. The zero-order chi connectivity index (χ0) is 17.5. The Bertz CT molecular complexity index is 706. The van der Waals surface area contributed by atoms with E-state index < -0.39 is 5.82 Å². The van der Waals surface area contributed by atoms with E-state index in [0.717, 1.165) is 6.42 Å². The molecule has 1 amide bonds. The molecule has 2 rings (SSSR count). The Morgan fingerprint density at radius 1 is 1.38 bits per heavy atom. The number of nitrogens with zero attached hydrogens (tertiary/aromatic N) is 1. The average molecular weight is 332 g/mol. The first-order chi connectivity index (χ1) is 11.5. The molecular formula is C18H21FN2O3. The summed E-state index contributed by atoms with van der Waals surface area (Å²) in [7, 11) is 0. The lowest BCUT2D eigenvalue weighted by Gasteiger charge is -2.12. The Morgan fingerprint density at radius 2 is 2.17 bits per heavy atom. The van der Waals surface area contributed by atoms with E-state index in [4.69, 9.17) is 9.84 Å². The maximum Gasteiger partial charge on any atom is 0.251 e. The molecule has 1 atom stereocenters. The third-order valence-corrected chi connectivity index (χ3v) is 3.63. The van der Waals surface area contributed by atoms with Crippen LogP contribution in [0.2, 0.25) is 0 Å². The highest BCUT2D eigenvalue weighted by Crippen LogP contribution is 2.13. The summed E-state index contributed by atoms with van der Waals surface area (Å²) in [4.78, 5) is 16.3. The Labute approximate surface area is 140 Å². The van der Waals surface area contributed by atoms with Crippen molar-refractivity contribution in [3.05, 3.63) is 59.0 Å². The van der Waals surface area contributed by atoms with Crippen molar-refractivity contribution in [2.45, 2.75) is 39.5 Å². The van der Waals surface area contributed by atoms with Gasteiger partial charge in [-0.3, -0.25) is 4.79 Å². The number of carbonyl (C=O) groups excluding carboxylic acids is 1. The van der Waals surface area contributed by atoms with E-state index in [1.165, 1.54) is 18.3 Å². The van der Waals surface area contributed by atoms with Crippen LogP contribution in [-0.2, 0) is 13.2 Å². The summed E-state index contributed by atoms with van der Waals surface area (Å²) < 4.78 is 18.9. The van der Waals surface area contributed by atoms with Gasteiger partial charge >= 0.3 is 0 Å². The molecule has 0 aliphatic carbocycles. The Hall–Kier alpha value is -2.47. The number of rotatable bonds is 7. The minimum absolute atomic E-state index is 0.0203. The van der Waals surface area contributed by atoms with Gasteiger partial charge in [-0.25, -0.2) is 9.37 Å². The summed E-state index contributed by atoms with van der Waals surface area (Å²) >= 11 is 0. The molecule has 1 heterocycles. The van der Waals surface area contributed by atoms with Gasteiger partial charge in [-0.2, -0.15) is 0 Å². The number of carbonyl (C=O) groups is 1. The number of aliphatic hydroxyl groups excluding tert-OH is 1. The van der Waals surface area contributed by atoms with Gasteiger partial charge in [0.2, 0.25) is 5.88 Å². The Balaban J connectivity index is 2.01. The van der Waals surface area contributed by atoms with Crippen LogP contribution in [0.15, 0.2) is 36.5 Å². The third kappa shape index (κ3) is 4.76. The fourth-order valence-electron chi connectivity index (χ4n) is 2.05. The fourth-order valence-corrected chi connectivity index (χ4v) is 2.05. The summed E-state index contributed by atoms with van der Waals surface area (Å²) in [5.74, 6) is -0.337. The highest BCUT2D eigenvalue weighted by Gasteiger charge is 2.10. The number of halogens is 1. The van der Waals surface area contributed by atoms with E-state index in [1.807, 2.05) is 13.8 Å². The van der Waals surface area contributed by atoms with Crippen LogP contribution < -0.4 is 10.1 Å². The van der Waals surface area contributed by atoms with Crippen LogP contribution in [0.5, 0.6) is 5.88 Å². The molecule has 0 aliphatic rings. The summed E-state index contributed by atoms with van der Waals surface area (Å²) in [5, 5.41) is 11.8. The van der Waals surface area contributed by atoms with Crippen LogP contribution >= 0.6 is 0 Å². The van der Waals surface area contributed by atoms with Crippen molar-refractivity contribution in [3.63, 3.8) is 0 Å². The van der Waals surface area contributed by atoms with Gasteiger partial charge in [0.05, 0.1) is 12.7 Å². The van der Waals surface area contributed by atoms with Crippen molar-refractivity contribution in [3.8, 4) is 5.88 Å². The largest absolute Gasteiger partial charge is 0.475 e. The summed E-state index contributed by atoms with van der Waals surface area (Å²) in [6, 6.07) is 7.56. The molecule has 6 heteroatoms. The summed E-state index contributed by atoms with van der Waals surface area (Å²) in [6.07, 6.45) is 2.39. The maximum atomic E-state index is 13.3. The van der Waals surface area contributed by atoms with Gasteiger partial charge in [0, 0.05) is 29.9 Å². The number of aromatic nitrogens is 1. The lowest BCUT2D eigenvalue weighted by atomic mass is 10.1. The quantitative estimate of drug-likeness (QED) is 0.818. The number of nitrogens with one attached hydrogen (secondary N) is 1. The van der Waals surface area contributed by atoms with E-state index in [-0.39, 0.29) is 30.7 Å². The van der Waals surface area contributed by atoms with E-state index in [2.05, 4.69) is 10.3 Å². The standard InChI is InChI=1S/C18H21FN2O3/c1-3-12(2)24-17-9-14(6-7-20-17)18(23)21-10-13-4-5-16(19)15(8-13)11-22/h4-9,12,22H,3,10-11H2,1-2H3,(H,21,23). The van der Waals surface area contributed by atoms with E-state index in [9.17, 15) is 9.18 Å². The first-order valence-corrected chi connectivity index (χ1v) is 7.82. The lowest BCUT2D eigenvalue weighted by molar-refractivity contribution is 0.0949. The van der Waals surface area contributed by atoms with Gasteiger partial charge in [-0.05, 0) is 37.1 Å². The molecule has 128 valence electrons. The van der Waals surface area contributed by atoms with Crippen LogP contribution in [0.25, 0.3) is 0 Å². The number of aliphatic hydroxyl groups is 1. The summed E-state index contributed by atoms with van der Waals surface area (Å²) in [5.41, 5.74) is 1.35. The molecule has 0 spiro atoms. The lowest BCUT2D eigenvalue weighted by Crippen LogP contribution is -2.23. The first-order valence-electron chi connectivity index (χ1n) is 7.82. The molecule has 1 aromatic heterocycles. The number of hydrogen-bond donors (Lipinski definition) is 2. The zero-order valence-corrected chi connectivity index (χ0v) is 13.8. The van der Waals surface area contributed by atoms with Crippen LogP contribution in [0.3, 0.4) is 0 Å². The van der Waals surface area contributed by atoms with Crippen molar-refractivity contribution in [1.29, 1.82) is 0 Å². The van der Waals surface area contributed by atoms with Crippen molar-refractivity contribution in [2.75, 3.05) is 0 Å². The summed E-state index contributed by atoms with van der Waals surface area (Å²) in [6.45, 7) is 3.79. The average Bonchev–Trinajstić information content (AvgIpc) is 2.60. The van der Waals surface area contributed by atoms with Crippen molar-refractivity contribution in [1.82, 2.24) is 10.3 Å². The Morgan fingerprint density at radius 3 is 2.88 bits per heavy atom. The predicted octanol–water partition coefficient (Wildman–Crippen LogP) is 2.82. The van der Waals surface area contributed by atoms with Crippen molar-refractivity contribution in [2.24, 2.45) is 0 Å². The molecule has 1 aromatic carbocycles. The second-order valence-electron chi connectivity index (χ2n) is 5.49. The molecule has 2 N–H and O–H groups in total. The molecule has 24 heavy (non-hydrogen) atoms. The molecule has 1 unspecified atom stereocenters. The molecular weight excluding hydrogens is 311 g/mol. The minimum atomic E-state index is -0.464. The van der Waals surface area contributed by atoms with Crippen molar-refractivity contribution < 1.29 is 19.0 Å². The van der Waals surface area contributed by atoms with Gasteiger partial charge in [0.1, 0.15) is 5.82 Å². The number of pyridine rings is 1. The second-order valence-corrected chi connectivity index (χ2v) is 5.49. The number of amides is 1. The maximum absolute atomic E-state index is 13.3. The van der Waals surface area contributed by atoms with Gasteiger partial charge in [0.25, 0.3) is 5.91 Å². The Kier molecular flexibility index (Phi) is 6.26. The topological polar surface area (TPSA) is 71.5 Å². The molecule has 0 saturated heterocycles. The monoisotopic (exact) mass is 332 g/mol. The smallest absolute Gasteiger partial charge is 0.251 e. The normalized spacial score (nSPS) is 11.8. The number of benzene rings is 1. The highest BCUT2D eigenvalue weighted by atomic mass is 19.1. The molecule has 0 aliphatic heterocycles.